The lowest BCUT2D eigenvalue weighted by atomic mass is 10.0. The first-order chi connectivity index (χ1) is 14.7. The Kier molecular flexibility index (Phi) is 5.71. The molecule has 6 heteroatoms. The van der Waals surface area contributed by atoms with E-state index in [0.717, 1.165) is 36.2 Å². The van der Waals surface area contributed by atoms with Gasteiger partial charge < -0.3 is 4.90 Å². The van der Waals surface area contributed by atoms with Crippen molar-refractivity contribution in [1.82, 2.24) is 9.78 Å². The van der Waals surface area contributed by atoms with Crippen molar-refractivity contribution in [3.05, 3.63) is 92.4 Å². The molecule has 0 spiro atoms. The van der Waals surface area contributed by atoms with Gasteiger partial charge in [-0.2, -0.15) is 5.10 Å². The number of halogens is 1. The number of hydrogen-bond donors (Lipinski definition) is 0. The van der Waals surface area contributed by atoms with Gasteiger partial charge >= 0.3 is 0 Å². The zero-order chi connectivity index (χ0) is 22.2. The number of nitrogens with zero attached hydrogens (tertiary/aromatic N) is 3. The van der Waals surface area contributed by atoms with E-state index >= 15 is 0 Å². The van der Waals surface area contributed by atoms with Gasteiger partial charge in [0.2, 0.25) is 0 Å². The molecule has 0 aliphatic carbocycles. The van der Waals surface area contributed by atoms with Crippen molar-refractivity contribution in [1.29, 1.82) is 0 Å². The topological polar surface area (TPSA) is 55.2 Å². The molecule has 1 aliphatic rings. The summed E-state index contributed by atoms with van der Waals surface area (Å²) in [5, 5.41) is 5.05. The van der Waals surface area contributed by atoms with Gasteiger partial charge in [-0.1, -0.05) is 35.9 Å². The smallest absolute Gasteiger partial charge is 0.272 e. The summed E-state index contributed by atoms with van der Waals surface area (Å²) in [7, 11) is 0. The minimum atomic E-state index is -0.346. The number of aromatic nitrogens is 2. The summed E-state index contributed by atoms with van der Waals surface area (Å²) in [6, 6.07) is 14.6. The standard InChI is InChI=1S/C25H26ClN3O2/c1-25(2,3)29-24(31)21-5-4-14-28(22(21)15-27-29)16-17-6-8-18(9-7-17)23(30)19-10-12-20(26)13-11-19/h6-13,15H,4-5,14,16H2,1-3H3. The van der Waals surface area contributed by atoms with Crippen LogP contribution in [0.5, 0.6) is 0 Å². The van der Waals surface area contributed by atoms with Crippen LogP contribution in [0.3, 0.4) is 0 Å². The van der Waals surface area contributed by atoms with Gasteiger partial charge in [0.15, 0.2) is 5.78 Å². The third-order valence-corrected chi connectivity index (χ3v) is 5.83. The highest BCUT2D eigenvalue weighted by Gasteiger charge is 2.25. The highest BCUT2D eigenvalue weighted by atomic mass is 35.5. The third kappa shape index (κ3) is 4.42. The molecule has 2 aromatic carbocycles. The number of benzene rings is 2. The van der Waals surface area contributed by atoms with Crippen LogP contribution in [0.4, 0.5) is 5.69 Å². The number of carbonyl (C=O) groups excluding carboxylic acids is 1. The Bertz CT molecular complexity index is 1160. The monoisotopic (exact) mass is 435 g/mol. The molecule has 2 heterocycles. The molecule has 4 rings (SSSR count). The van der Waals surface area contributed by atoms with Gasteiger partial charge in [0.25, 0.3) is 5.56 Å². The molecule has 0 fully saturated rings. The lowest BCUT2D eigenvalue weighted by molar-refractivity contribution is 0.103. The number of hydrogen-bond acceptors (Lipinski definition) is 4. The van der Waals surface area contributed by atoms with Crippen molar-refractivity contribution in [3.8, 4) is 0 Å². The Morgan fingerprint density at radius 2 is 1.65 bits per heavy atom. The molecule has 0 bridgehead atoms. The zero-order valence-corrected chi connectivity index (χ0v) is 18.8. The first kappa shape index (κ1) is 21.3. The van der Waals surface area contributed by atoms with E-state index in [1.807, 2.05) is 51.2 Å². The first-order valence-corrected chi connectivity index (χ1v) is 10.9. The van der Waals surface area contributed by atoms with E-state index in [1.54, 1.807) is 28.9 Å². The molecular formula is C25H26ClN3O2. The van der Waals surface area contributed by atoms with Gasteiger partial charge in [-0.25, -0.2) is 4.68 Å². The quantitative estimate of drug-likeness (QED) is 0.550. The Morgan fingerprint density at radius 1 is 1.03 bits per heavy atom. The molecule has 31 heavy (non-hydrogen) atoms. The van der Waals surface area contributed by atoms with Crippen LogP contribution in [0.2, 0.25) is 5.02 Å². The average molecular weight is 436 g/mol. The molecule has 0 atom stereocenters. The number of fused-ring (bicyclic) bond motifs is 1. The second-order valence-corrected chi connectivity index (χ2v) is 9.39. The van der Waals surface area contributed by atoms with Gasteiger partial charge in [0.05, 0.1) is 17.4 Å². The molecule has 0 unspecified atom stereocenters. The first-order valence-electron chi connectivity index (χ1n) is 10.5. The summed E-state index contributed by atoms with van der Waals surface area (Å²) >= 11 is 5.91. The van der Waals surface area contributed by atoms with Crippen LogP contribution in [0, 0.1) is 0 Å². The number of ketones is 1. The fraction of sp³-hybridized carbons (Fsp3) is 0.320. The fourth-order valence-electron chi connectivity index (χ4n) is 3.95. The minimum Gasteiger partial charge on any atom is -0.366 e. The van der Waals surface area contributed by atoms with Gasteiger partial charge in [0.1, 0.15) is 0 Å². The lowest BCUT2D eigenvalue weighted by Gasteiger charge is -2.32. The Balaban J connectivity index is 1.54. The van der Waals surface area contributed by atoms with Crippen LogP contribution in [0.25, 0.3) is 0 Å². The fourth-order valence-corrected chi connectivity index (χ4v) is 4.07. The van der Waals surface area contributed by atoms with Crippen molar-refractivity contribution in [2.75, 3.05) is 11.4 Å². The summed E-state index contributed by atoms with van der Waals surface area (Å²) in [5.41, 5.74) is 3.74. The normalized spacial score (nSPS) is 13.7. The van der Waals surface area contributed by atoms with Gasteiger partial charge in [-0.15, -0.1) is 0 Å². The summed E-state index contributed by atoms with van der Waals surface area (Å²) in [5.74, 6) is -0.0292. The SMILES string of the molecule is CC(C)(C)n1ncc2c(c1=O)CCCN2Cc1ccc(C(=O)c2ccc(Cl)cc2)cc1. The molecule has 0 N–H and O–H groups in total. The highest BCUT2D eigenvalue weighted by Crippen LogP contribution is 2.26. The number of anilines is 1. The van der Waals surface area contributed by atoms with E-state index in [4.69, 9.17) is 11.6 Å². The Hall–Kier alpha value is -2.92. The van der Waals surface area contributed by atoms with Crippen molar-refractivity contribution >= 4 is 23.1 Å². The van der Waals surface area contributed by atoms with Crippen LogP contribution >= 0.6 is 11.6 Å². The molecule has 0 amide bonds. The lowest BCUT2D eigenvalue weighted by Crippen LogP contribution is -2.41. The van der Waals surface area contributed by atoms with Crippen LogP contribution < -0.4 is 10.5 Å². The second kappa shape index (κ2) is 8.31. The van der Waals surface area contributed by atoms with Crippen molar-refractivity contribution in [3.63, 3.8) is 0 Å². The maximum atomic E-state index is 13.0. The molecular weight excluding hydrogens is 410 g/mol. The molecule has 0 radical (unpaired) electrons. The van der Waals surface area contributed by atoms with Crippen molar-refractivity contribution < 1.29 is 4.79 Å². The van der Waals surface area contributed by atoms with Gasteiger partial charge in [-0.05, 0) is 63.4 Å². The molecule has 5 nitrogen and oxygen atoms in total. The maximum absolute atomic E-state index is 13.0. The van der Waals surface area contributed by atoms with E-state index in [0.29, 0.717) is 22.7 Å². The van der Waals surface area contributed by atoms with Crippen molar-refractivity contribution in [2.45, 2.75) is 45.7 Å². The summed E-state index contributed by atoms with van der Waals surface area (Å²) < 4.78 is 1.58. The predicted molar refractivity (Wildman–Crippen MR) is 124 cm³/mol. The molecule has 160 valence electrons. The summed E-state index contributed by atoms with van der Waals surface area (Å²) in [6.07, 6.45) is 3.53. The molecule has 1 aromatic heterocycles. The molecule has 0 saturated heterocycles. The maximum Gasteiger partial charge on any atom is 0.272 e. The van der Waals surface area contributed by atoms with Gasteiger partial charge in [-0.3, -0.25) is 9.59 Å². The average Bonchev–Trinajstić information content (AvgIpc) is 2.74. The zero-order valence-electron chi connectivity index (χ0n) is 18.1. The third-order valence-electron chi connectivity index (χ3n) is 5.58. The van der Waals surface area contributed by atoms with E-state index < -0.39 is 0 Å². The number of carbonyl (C=O) groups is 1. The molecule has 0 saturated carbocycles. The largest absolute Gasteiger partial charge is 0.366 e. The Labute approximate surface area is 187 Å². The van der Waals surface area contributed by atoms with Crippen LogP contribution in [-0.2, 0) is 18.5 Å². The van der Waals surface area contributed by atoms with E-state index in [2.05, 4.69) is 10.00 Å². The summed E-state index contributed by atoms with van der Waals surface area (Å²) in [6.45, 7) is 7.51. The second-order valence-electron chi connectivity index (χ2n) is 8.95. The summed E-state index contributed by atoms with van der Waals surface area (Å²) in [4.78, 5) is 27.8. The highest BCUT2D eigenvalue weighted by molar-refractivity contribution is 6.30. The minimum absolute atomic E-state index is 0.00129. The predicted octanol–water partition coefficient (Wildman–Crippen LogP) is 4.84. The van der Waals surface area contributed by atoms with Crippen LogP contribution in [0.1, 0.15) is 54.2 Å². The molecule has 1 aliphatic heterocycles. The van der Waals surface area contributed by atoms with Gasteiger partial charge in [0, 0.05) is 34.8 Å². The van der Waals surface area contributed by atoms with E-state index in [1.165, 1.54) is 0 Å². The van der Waals surface area contributed by atoms with Crippen LogP contribution in [-0.4, -0.2) is 22.1 Å². The number of rotatable bonds is 4. The van der Waals surface area contributed by atoms with E-state index in [9.17, 15) is 9.59 Å². The molecule has 3 aromatic rings. The van der Waals surface area contributed by atoms with Crippen LogP contribution in [0.15, 0.2) is 59.5 Å². The van der Waals surface area contributed by atoms with Crippen molar-refractivity contribution in [2.24, 2.45) is 0 Å². The van der Waals surface area contributed by atoms with E-state index in [-0.39, 0.29) is 16.9 Å². The Morgan fingerprint density at radius 3 is 2.26 bits per heavy atom.